The van der Waals surface area contributed by atoms with E-state index in [0.29, 0.717) is 19.6 Å². The fourth-order valence-electron chi connectivity index (χ4n) is 1.90. The van der Waals surface area contributed by atoms with Gasteiger partial charge in [-0.2, -0.15) is 0 Å². The van der Waals surface area contributed by atoms with Gasteiger partial charge >= 0.3 is 0 Å². The normalized spacial score (nSPS) is 19.6. The topological polar surface area (TPSA) is 47.9 Å². The number of methoxy groups -OCH3 is 1. The van der Waals surface area contributed by atoms with Crippen LogP contribution in [0, 0.1) is 0 Å². The molecule has 0 aromatic carbocycles. The monoisotopic (exact) mass is 218 g/mol. The lowest BCUT2D eigenvalue weighted by Crippen LogP contribution is -2.31. The maximum absolute atomic E-state index is 8.95. The van der Waals surface area contributed by atoms with Gasteiger partial charge in [0.2, 0.25) is 0 Å². The van der Waals surface area contributed by atoms with Crippen LogP contribution < -0.4 is 0 Å². The molecule has 1 heterocycles. The Morgan fingerprint density at radius 2 is 1.87 bits per heavy atom. The van der Waals surface area contributed by atoms with E-state index in [2.05, 4.69) is 0 Å². The van der Waals surface area contributed by atoms with Crippen LogP contribution in [-0.4, -0.2) is 44.4 Å². The van der Waals surface area contributed by atoms with Crippen molar-refractivity contribution in [1.29, 1.82) is 0 Å². The van der Waals surface area contributed by atoms with Crippen molar-refractivity contribution >= 4 is 0 Å². The van der Waals surface area contributed by atoms with Crippen molar-refractivity contribution < 1.29 is 19.3 Å². The highest BCUT2D eigenvalue weighted by Gasteiger charge is 2.34. The zero-order chi connectivity index (χ0) is 11.0. The first-order valence-electron chi connectivity index (χ1n) is 5.71. The van der Waals surface area contributed by atoms with E-state index in [-0.39, 0.29) is 6.61 Å². The zero-order valence-corrected chi connectivity index (χ0v) is 9.54. The Labute approximate surface area is 91.5 Å². The van der Waals surface area contributed by atoms with Gasteiger partial charge in [-0.1, -0.05) is 6.42 Å². The van der Waals surface area contributed by atoms with Gasteiger partial charge in [0.05, 0.1) is 13.2 Å². The Morgan fingerprint density at radius 1 is 1.13 bits per heavy atom. The third-order valence-electron chi connectivity index (χ3n) is 2.71. The van der Waals surface area contributed by atoms with E-state index in [1.54, 1.807) is 7.11 Å². The SMILES string of the molecule is COCCCCCC1(CCO)OCCO1. The summed E-state index contributed by atoms with van der Waals surface area (Å²) in [6.07, 6.45) is 4.71. The van der Waals surface area contributed by atoms with Crippen LogP contribution in [0.1, 0.15) is 32.1 Å². The van der Waals surface area contributed by atoms with E-state index < -0.39 is 5.79 Å². The van der Waals surface area contributed by atoms with Gasteiger partial charge in [-0.05, 0) is 12.8 Å². The Hall–Kier alpha value is -0.160. The summed E-state index contributed by atoms with van der Waals surface area (Å²) in [7, 11) is 1.72. The average molecular weight is 218 g/mol. The molecule has 0 amide bonds. The van der Waals surface area contributed by atoms with Gasteiger partial charge in [0, 0.05) is 33.2 Å². The van der Waals surface area contributed by atoms with E-state index in [1.165, 1.54) is 0 Å². The van der Waals surface area contributed by atoms with E-state index >= 15 is 0 Å². The third-order valence-corrected chi connectivity index (χ3v) is 2.71. The molecule has 1 saturated heterocycles. The van der Waals surface area contributed by atoms with Crippen molar-refractivity contribution in [3.05, 3.63) is 0 Å². The molecule has 0 aromatic heterocycles. The number of aliphatic hydroxyl groups excluding tert-OH is 1. The predicted octanol–water partition coefficient (Wildman–Crippen LogP) is 1.32. The second kappa shape index (κ2) is 7.17. The van der Waals surface area contributed by atoms with Crippen LogP contribution in [0.25, 0.3) is 0 Å². The molecule has 0 aliphatic carbocycles. The van der Waals surface area contributed by atoms with Crippen molar-refractivity contribution in [1.82, 2.24) is 0 Å². The van der Waals surface area contributed by atoms with Crippen LogP contribution in [0.15, 0.2) is 0 Å². The summed E-state index contributed by atoms with van der Waals surface area (Å²) >= 11 is 0. The number of aliphatic hydroxyl groups is 1. The third kappa shape index (κ3) is 4.47. The molecule has 0 atom stereocenters. The highest BCUT2D eigenvalue weighted by Crippen LogP contribution is 2.29. The Morgan fingerprint density at radius 3 is 2.47 bits per heavy atom. The quantitative estimate of drug-likeness (QED) is 0.624. The Balaban J connectivity index is 2.14. The predicted molar refractivity (Wildman–Crippen MR) is 56.7 cm³/mol. The van der Waals surface area contributed by atoms with Crippen LogP contribution in [0.5, 0.6) is 0 Å². The van der Waals surface area contributed by atoms with Gasteiger partial charge in [-0.25, -0.2) is 0 Å². The molecular formula is C11H22O4. The van der Waals surface area contributed by atoms with Gasteiger partial charge in [0.25, 0.3) is 0 Å². The van der Waals surface area contributed by atoms with Crippen molar-refractivity contribution in [2.75, 3.05) is 33.5 Å². The van der Waals surface area contributed by atoms with Crippen molar-refractivity contribution in [2.24, 2.45) is 0 Å². The minimum absolute atomic E-state index is 0.123. The fourth-order valence-corrected chi connectivity index (χ4v) is 1.90. The molecule has 1 aliphatic rings. The van der Waals surface area contributed by atoms with Gasteiger partial charge < -0.3 is 19.3 Å². The maximum Gasteiger partial charge on any atom is 0.170 e. The number of hydrogen-bond donors (Lipinski definition) is 1. The van der Waals surface area contributed by atoms with Gasteiger partial charge in [0.1, 0.15) is 0 Å². The van der Waals surface area contributed by atoms with Crippen molar-refractivity contribution in [3.63, 3.8) is 0 Å². The summed E-state index contributed by atoms with van der Waals surface area (Å²) in [5.74, 6) is -0.498. The largest absolute Gasteiger partial charge is 0.396 e. The molecular weight excluding hydrogens is 196 g/mol. The lowest BCUT2D eigenvalue weighted by Gasteiger charge is -2.26. The molecule has 1 N–H and O–H groups in total. The minimum Gasteiger partial charge on any atom is -0.396 e. The molecule has 4 nitrogen and oxygen atoms in total. The first-order valence-corrected chi connectivity index (χ1v) is 5.71. The summed E-state index contributed by atoms with van der Waals surface area (Å²) in [5, 5.41) is 8.95. The molecule has 1 fully saturated rings. The average Bonchev–Trinajstić information content (AvgIpc) is 2.67. The Kier molecular flexibility index (Phi) is 6.17. The summed E-state index contributed by atoms with van der Waals surface area (Å²) in [5.41, 5.74) is 0. The lowest BCUT2D eigenvalue weighted by atomic mass is 10.0. The number of ether oxygens (including phenoxy) is 3. The summed E-state index contributed by atoms with van der Waals surface area (Å²) in [6, 6.07) is 0. The van der Waals surface area contributed by atoms with E-state index in [1.807, 2.05) is 0 Å². The molecule has 0 radical (unpaired) electrons. The molecule has 90 valence electrons. The van der Waals surface area contributed by atoms with Crippen molar-refractivity contribution in [3.8, 4) is 0 Å². The highest BCUT2D eigenvalue weighted by molar-refractivity contribution is 4.73. The lowest BCUT2D eigenvalue weighted by molar-refractivity contribution is -0.172. The first-order chi connectivity index (χ1) is 7.33. The molecule has 0 bridgehead atoms. The number of hydrogen-bond acceptors (Lipinski definition) is 4. The molecule has 4 heteroatoms. The molecule has 0 saturated carbocycles. The van der Waals surface area contributed by atoms with Crippen LogP contribution >= 0.6 is 0 Å². The minimum atomic E-state index is -0.498. The van der Waals surface area contributed by atoms with E-state index in [0.717, 1.165) is 32.3 Å². The number of rotatable bonds is 8. The smallest absolute Gasteiger partial charge is 0.170 e. The molecule has 1 rings (SSSR count). The molecule has 15 heavy (non-hydrogen) atoms. The maximum atomic E-state index is 8.95. The fraction of sp³-hybridized carbons (Fsp3) is 1.00. The van der Waals surface area contributed by atoms with Crippen LogP contribution in [0.3, 0.4) is 0 Å². The van der Waals surface area contributed by atoms with Crippen molar-refractivity contribution in [2.45, 2.75) is 37.9 Å². The van der Waals surface area contributed by atoms with Crippen LogP contribution in [0.4, 0.5) is 0 Å². The molecule has 1 aliphatic heterocycles. The van der Waals surface area contributed by atoms with E-state index in [9.17, 15) is 0 Å². The number of unbranched alkanes of at least 4 members (excludes halogenated alkanes) is 2. The highest BCUT2D eigenvalue weighted by atomic mass is 16.7. The summed E-state index contributed by atoms with van der Waals surface area (Å²) in [4.78, 5) is 0. The van der Waals surface area contributed by atoms with Gasteiger partial charge in [0.15, 0.2) is 5.79 Å². The van der Waals surface area contributed by atoms with Gasteiger partial charge in [-0.15, -0.1) is 0 Å². The first kappa shape index (κ1) is 12.9. The standard InChI is InChI=1S/C11H22O4/c1-13-8-4-2-3-5-11(6-7-12)14-9-10-15-11/h12H,2-10H2,1H3. The van der Waals surface area contributed by atoms with Crippen LogP contribution in [0.2, 0.25) is 0 Å². The van der Waals surface area contributed by atoms with Crippen LogP contribution in [-0.2, 0) is 14.2 Å². The second-order valence-corrected chi connectivity index (χ2v) is 3.88. The Bertz CT molecular complexity index is 155. The summed E-state index contributed by atoms with van der Waals surface area (Å²) < 4.78 is 16.1. The molecule has 0 spiro atoms. The molecule has 0 aromatic rings. The molecule has 0 unspecified atom stereocenters. The zero-order valence-electron chi connectivity index (χ0n) is 9.54. The second-order valence-electron chi connectivity index (χ2n) is 3.88. The summed E-state index contributed by atoms with van der Waals surface area (Å²) in [6.45, 7) is 2.24. The van der Waals surface area contributed by atoms with E-state index in [4.69, 9.17) is 19.3 Å². The van der Waals surface area contributed by atoms with Gasteiger partial charge in [-0.3, -0.25) is 0 Å².